The molecule has 0 saturated heterocycles. The number of thiophene rings is 1. The van der Waals surface area contributed by atoms with Crippen LogP contribution in [0.5, 0.6) is 5.75 Å². The van der Waals surface area contributed by atoms with Crippen LogP contribution in [0.4, 0.5) is 5.69 Å². The molecule has 1 heterocycles. The first-order valence-electron chi connectivity index (χ1n) is 8.49. The molecule has 0 bridgehead atoms. The molecule has 27 heavy (non-hydrogen) atoms. The number of amides is 2. The molecule has 1 atom stereocenters. The van der Waals surface area contributed by atoms with Crippen molar-refractivity contribution in [1.82, 2.24) is 5.32 Å². The molecular formula is C21H20N2O3S. The Hall–Kier alpha value is -3.12. The van der Waals surface area contributed by atoms with Crippen LogP contribution in [0.2, 0.25) is 0 Å². The van der Waals surface area contributed by atoms with Crippen LogP contribution in [-0.4, -0.2) is 25.0 Å². The summed E-state index contributed by atoms with van der Waals surface area (Å²) in [7, 11) is 1.57. The topological polar surface area (TPSA) is 67.4 Å². The number of anilines is 1. The first kappa shape index (κ1) is 18.7. The Kier molecular flexibility index (Phi) is 6.22. The number of hydrogen-bond acceptors (Lipinski definition) is 4. The van der Waals surface area contributed by atoms with Crippen molar-refractivity contribution >= 4 is 28.8 Å². The number of hydrogen-bond donors (Lipinski definition) is 2. The second-order valence-corrected chi connectivity index (χ2v) is 6.86. The minimum Gasteiger partial charge on any atom is -0.497 e. The highest BCUT2D eigenvalue weighted by atomic mass is 32.1. The van der Waals surface area contributed by atoms with E-state index in [1.54, 1.807) is 37.4 Å². The molecule has 2 aromatic carbocycles. The molecule has 0 aliphatic carbocycles. The first-order valence-corrected chi connectivity index (χ1v) is 9.37. The van der Waals surface area contributed by atoms with Crippen LogP contribution in [0.15, 0.2) is 72.1 Å². The lowest BCUT2D eigenvalue weighted by atomic mass is 10.0. The summed E-state index contributed by atoms with van der Waals surface area (Å²) < 4.78 is 5.19. The smallest absolute Gasteiger partial charge is 0.262 e. The standard InChI is InChI=1S/C21H20N2O3S/c1-26-17-10-5-9-16(14-17)22-20(24)18(13-15-7-3-2-4-8-15)23-21(25)19-11-6-12-27-19/h2-12,14,18H,13H2,1H3,(H,22,24)(H,23,25). The number of benzene rings is 2. The Morgan fingerprint density at radius 1 is 1.04 bits per heavy atom. The van der Waals surface area contributed by atoms with Crippen molar-refractivity contribution in [3.63, 3.8) is 0 Å². The third-order valence-corrected chi connectivity index (χ3v) is 4.86. The Bertz CT molecular complexity index is 895. The van der Waals surface area contributed by atoms with E-state index in [0.29, 0.717) is 22.7 Å². The predicted molar refractivity (Wildman–Crippen MR) is 107 cm³/mol. The van der Waals surface area contributed by atoms with E-state index in [1.165, 1.54) is 11.3 Å². The van der Waals surface area contributed by atoms with Gasteiger partial charge >= 0.3 is 0 Å². The van der Waals surface area contributed by atoms with Crippen molar-refractivity contribution in [1.29, 1.82) is 0 Å². The van der Waals surface area contributed by atoms with Crippen molar-refractivity contribution in [2.24, 2.45) is 0 Å². The summed E-state index contributed by atoms with van der Waals surface area (Å²) in [5.74, 6) is 0.110. The average molecular weight is 380 g/mol. The van der Waals surface area contributed by atoms with Crippen LogP contribution in [0.25, 0.3) is 0 Å². The fraction of sp³-hybridized carbons (Fsp3) is 0.143. The van der Waals surface area contributed by atoms with Crippen molar-refractivity contribution in [3.8, 4) is 5.75 Å². The van der Waals surface area contributed by atoms with Crippen molar-refractivity contribution < 1.29 is 14.3 Å². The maximum Gasteiger partial charge on any atom is 0.262 e. The molecule has 0 spiro atoms. The van der Waals surface area contributed by atoms with Gasteiger partial charge in [0.05, 0.1) is 12.0 Å². The molecule has 138 valence electrons. The lowest BCUT2D eigenvalue weighted by molar-refractivity contribution is -0.118. The lowest BCUT2D eigenvalue weighted by Gasteiger charge is -2.18. The van der Waals surface area contributed by atoms with Gasteiger partial charge in [-0.1, -0.05) is 42.5 Å². The summed E-state index contributed by atoms with van der Waals surface area (Å²) in [4.78, 5) is 25.9. The zero-order valence-corrected chi connectivity index (χ0v) is 15.7. The molecule has 0 fully saturated rings. The minimum absolute atomic E-state index is 0.258. The van der Waals surface area contributed by atoms with E-state index in [0.717, 1.165) is 5.56 Å². The monoisotopic (exact) mass is 380 g/mol. The van der Waals surface area contributed by atoms with Gasteiger partial charge in [-0.25, -0.2) is 0 Å². The molecule has 2 N–H and O–H groups in total. The fourth-order valence-corrected chi connectivity index (χ4v) is 3.25. The van der Waals surface area contributed by atoms with Gasteiger partial charge < -0.3 is 15.4 Å². The number of nitrogens with one attached hydrogen (secondary N) is 2. The fourth-order valence-electron chi connectivity index (χ4n) is 2.63. The predicted octanol–water partition coefficient (Wildman–Crippen LogP) is 3.74. The molecule has 5 nitrogen and oxygen atoms in total. The van der Waals surface area contributed by atoms with Crippen LogP contribution in [0, 0.1) is 0 Å². The van der Waals surface area contributed by atoms with E-state index >= 15 is 0 Å². The minimum atomic E-state index is -0.701. The molecule has 1 unspecified atom stereocenters. The summed E-state index contributed by atoms with van der Waals surface area (Å²) in [5, 5.41) is 7.53. The molecule has 6 heteroatoms. The molecular weight excluding hydrogens is 360 g/mol. The Morgan fingerprint density at radius 2 is 1.85 bits per heavy atom. The molecule has 3 rings (SSSR count). The maximum atomic E-state index is 12.9. The number of ether oxygens (including phenoxy) is 1. The van der Waals surface area contributed by atoms with Crippen LogP contribution < -0.4 is 15.4 Å². The van der Waals surface area contributed by atoms with Crippen LogP contribution in [0.3, 0.4) is 0 Å². The van der Waals surface area contributed by atoms with Gasteiger partial charge in [0, 0.05) is 18.2 Å². The highest BCUT2D eigenvalue weighted by molar-refractivity contribution is 7.12. The third-order valence-electron chi connectivity index (χ3n) is 3.99. The number of methoxy groups -OCH3 is 1. The summed E-state index contributed by atoms with van der Waals surface area (Å²) in [6.45, 7) is 0. The summed E-state index contributed by atoms with van der Waals surface area (Å²) in [6.07, 6.45) is 0.397. The van der Waals surface area contributed by atoms with Gasteiger partial charge in [-0.05, 0) is 29.1 Å². The summed E-state index contributed by atoms with van der Waals surface area (Å²) in [5.41, 5.74) is 1.58. The van der Waals surface area contributed by atoms with Gasteiger partial charge in [-0.2, -0.15) is 0 Å². The molecule has 2 amide bonds. The maximum absolute atomic E-state index is 12.9. The quantitative estimate of drug-likeness (QED) is 0.656. The summed E-state index contributed by atoms with van der Waals surface area (Å²) >= 11 is 1.34. The van der Waals surface area contributed by atoms with Crippen LogP contribution in [-0.2, 0) is 11.2 Å². The largest absolute Gasteiger partial charge is 0.497 e. The van der Waals surface area contributed by atoms with Gasteiger partial charge in [0.1, 0.15) is 11.8 Å². The van der Waals surface area contributed by atoms with Gasteiger partial charge in [0.25, 0.3) is 5.91 Å². The van der Waals surface area contributed by atoms with Gasteiger partial charge in [0.15, 0.2) is 0 Å². The second kappa shape index (κ2) is 9.00. The van der Waals surface area contributed by atoms with Crippen LogP contribution in [0.1, 0.15) is 15.2 Å². The molecule has 3 aromatic rings. The van der Waals surface area contributed by atoms with Crippen molar-refractivity contribution in [2.45, 2.75) is 12.5 Å². The first-order chi connectivity index (χ1) is 13.2. The highest BCUT2D eigenvalue weighted by Crippen LogP contribution is 2.17. The van der Waals surface area contributed by atoms with E-state index in [9.17, 15) is 9.59 Å². The van der Waals surface area contributed by atoms with Gasteiger partial charge in [-0.15, -0.1) is 11.3 Å². The molecule has 0 aliphatic rings. The zero-order chi connectivity index (χ0) is 19.1. The van der Waals surface area contributed by atoms with Crippen molar-refractivity contribution in [3.05, 3.63) is 82.6 Å². The number of carbonyl (C=O) groups is 2. The SMILES string of the molecule is COc1cccc(NC(=O)C(Cc2ccccc2)NC(=O)c2cccs2)c1. The second-order valence-electron chi connectivity index (χ2n) is 5.91. The van der Waals surface area contributed by atoms with Gasteiger partial charge in [0.2, 0.25) is 5.91 Å². The normalized spacial score (nSPS) is 11.4. The Morgan fingerprint density at radius 3 is 2.56 bits per heavy atom. The number of carbonyl (C=O) groups excluding carboxylic acids is 2. The molecule has 1 aromatic heterocycles. The van der Waals surface area contributed by atoms with Gasteiger partial charge in [-0.3, -0.25) is 9.59 Å². The highest BCUT2D eigenvalue weighted by Gasteiger charge is 2.22. The van der Waals surface area contributed by atoms with Crippen LogP contribution >= 0.6 is 11.3 Å². The van der Waals surface area contributed by atoms with Crippen molar-refractivity contribution in [2.75, 3.05) is 12.4 Å². The molecule has 0 radical (unpaired) electrons. The molecule has 0 saturated carbocycles. The number of rotatable bonds is 7. The van der Waals surface area contributed by atoms with E-state index in [1.807, 2.05) is 41.8 Å². The third kappa shape index (κ3) is 5.18. The lowest BCUT2D eigenvalue weighted by Crippen LogP contribution is -2.45. The molecule has 0 aliphatic heterocycles. The van der Waals surface area contributed by atoms with E-state index in [2.05, 4.69) is 10.6 Å². The van der Waals surface area contributed by atoms with E-state index in [-0.39, 0.29) is 11.8 Å². The zero-order valence-electron chi connectivity index (χ0n) is 14.8. The Labute approximate surface area is 162 Å². The van der Waals surface area contributed by atoms with E-state index < -0.39 is 6.04 Å². The average Bonchev–Trinajstić information content (AvgIpc) is 3.23. The van der Waals surface area contributed by atoms with E-state index in [4.69, 9.17) is 4.74 Å². The summed E-state index contributed by atoms with van der Waals surface area (Å²) in [6, 6.07) is 19.6. The Balaban J connectivity index is 1.77.